The highest BCUT2D eigenvalue weighted by Crippen LogP contribution is 2.30. The molecule has 1 amide bonds. The van der Waals surface area contributed by atoms with Crippen molar-refractivity contribution < 1.29 is 14.3 Å². The van der Waals surface area contributed by atoms with Crippen molar-refractivity contribution in [2.75, 3.05) is 31.7 Å². The summed E-state index contributed by atoms with van der Waals surface area (Å²) in [6.07, 6.45) is 1.33. The predicted octanol–water partition coefficient (Wildman–Crippen LogP) is 2.94. The number of carbonyl (C=O) groups is 1. The first-order valence-electron chi connectivity index (χ1n) is 9.94. The van der Waals surface area contributed by atoms with Gasteiger partial charge in [-0.1, -0.05) is 24.3 Å². The molecule has 0 bridgehead atoms. The first kappa shape index (κ1) is 22.2. The maximum Gasteiger partial charge on any atom is 0.229 e. The number of nitrogens with one attached hydrogen (secondary N) is 2. The Hall–Kier alpha value is -2.49. The molecule has 2 aromatic rings. The SMILES string of the molecule is CN=C(NCc1ccc2c(c1)OCCCO2)NC1CC(=O)N(c2ccccc2)C1.I. The fourth-order valence-corrected chi connectivity index (χ4v) is 3.55. The molecule has 30 heavy (non-hydrogen) atoms. The van der Waals surface area contributed by atoms with Crippen LogP contribution in [-0.4, -0.2) is 44.7 Å². The van der Waals surface area contributed by atoms with Crippen LogP contribution in [0.5, 0.6) is 11.5 Å². The second-order valence-corrected chi connectivity index (χ2v) is 7.14. The van der Waals surface area contributed by atoms with Gasteiger partial charge in [-0.2, -0.15) is 0 Å². The number of nitrogens with zero attached hydrogens (tertiary/aromatic N) is 2. The van der Waals surface area contributed by atoms with Crippen LogP contribution in [0.4, 0.5) is 5.69 Å². The first-order chi connectivity index (χ1) is 14.2. The molecule has 2 N–H and O–H groups in total. The van der Waals surface area contributed by atoms with Crippen LogP contribution in [0.15, 0.2) is 53.5 Å². The number of ether oxygens (including phenoxy) is 2. The molecule has 2 heterocycles. The number of rotatable bonds is 4. The number of hydrogen-bond acceptors (Lipinski definition) is 4. The third-order valence-corrected chi connectivity index (χ3v) is 5.03. The Kier molecular flexibility index (Phi) is 7.78. The molecule has 0 aliphatic carbocycles. The van der Waals surface area contributed by atoms with Gasteiger partial charge in [0, 0.05) is 38.7 Å². The van der Waals surface area contributed by atoms with Gasteiger partial charge in [0.25, 0.3) is 0 Å². The Morgan fingerprint density at radius 3 is 2.67 bits per heavy atom. The number of fused-ring (bicyclic) bond motifs is 1. The summed E-state index contributed by atoms with van der Waals surface area (Å²) < 4.78 is 11.4. The summed E-state index contributed by atoms with van der Waals surface area (Å²) >= 11 is 0. The van der Waals surface area contributed by atoms with E-state index < -0.39 is 0 Å². The van der Waals surface area contributed by atoms with E-state index in [2.05, 4.69) is 15.6 Å². The molecule has 2 aromatic carbocycles. The van der Waals surface area contributed by atoms with E-state index in [1.54, 1.807) is 7.05 Å². The number of anilines is 1. The molecule has 1 unspecified atom stereocenters. The molecule has 1 saturated heterocycles. The summed E-state index contributed by atoms with van der Waals surface area (Å²) in [4.78, 5) is 18.5. The fourth-order valence-electron chi connectivity index (χ4n) is 3.55. The number of carbonyl (C=O) groups excluding carboxylic acids is 1. The van der Waals surface area contributed by atoms with Crippen LogP contribution in [0.1, 0.15) is 18.4 Å². The van der Waals surface area contributed by atoms with E-state index >= 15 is 0 Å². The van der Waals surface area contributed by atoms with Crippen molar-refractivity contribution in [1.82, 2.24) is 10.6 Å². The van der Waals surface area contributed by atoms with E-state index in [-0.39, 0.29) is 35.9 Å². The van der Waals surface area contributed by atoms with Crippen molar-refractivity contribution >= 4 is 41.5 Å². The zero-order valence-electron chi connectivity index (χ0n) is 17.0. The number of aliphatic imine (C=N–C) groups is 1. The molecular weight excluding hydrogens is 495 g/mol. The van der Waals surface area contributed by atoms with Crippen molar-refractivity contribution in [3.05, 3.63) is 54.1 Å². The number of halogens is 1. The third-order valence-electron chi connectivity index (χ3n) is 5.03. The zero-order valence-corrected chi connectivity index (χ0v) is 19.3. The molecule has 2 aliphatic heterocycles. The van der Waals surface area contributed by atoms with E-state index in [0.717, 1.165) is 29.2 Å². The number of para-hydroxylation sites is 1. The quantitative estimate of drug-likeness (QED) is 0.367. The predicted molar refractivity (Wildman–Crippen MR) is 128 cm³/mol. The first-order valence-corrected chi connectivity index (χ1v) is 9.94. The van der Waals surface area contributed by atoms with Gasteiger partial charge in [-0.05, 0) is 29.8 Å². The van der Waals surface area contributed by atoms with Gasteiger partial charge in [0.1, 0.15) is 0 Å². The van der Waals surface area contributed by atoms with Crippen LogP contribution in [-0.2, 0) is 11.3 Å². The molecule has 4 rings (SSSR count). The van der Waals surface area contributed by atoms with E-state index in [0.29, 0.717) is 38.7 Å². The van der Waals surface area contributed by atoms with Crippen molar-refractivity contribution in [2.24, 2.45) is 4.99 Å². The van der Waals surface area contributed by atoms with E-state index in [9.17, 15) is 4.79 Å². The molecule has 160 valence electrons. The number of amides is 1. The highest BCUT2D eigenvalue weighted by molar-refractivity contribution is 14.0. The van der Waals surface area contributed by atoms with Gasteiger partial charge in [0.15, 0.2) is 17.5 Å². The van der Waals surface area contributed by atoms with E-state index in [1.165, 1.54) is 0 Å². The smallest absolute Gasteiger partial charge is 0.229 e. The van der Waals surface area contributed by atoms with Gasteiger partial charge in [-0.25, -0.2) is 0 Å². The zero-order chi connectivity index (χ0) is 20.1. The minimum Gasteiger partial charge on any atom is -0.490 e. The minimum atomic E-state index is 0. The number of hydrogen-bond donors (Lipinski definition) is 2. The third kappa shape index (κ3) is 5.35. The van der Waals surface area contributed by atoms with Crippen molar-refractivity contribution in [1.29, 1.82) is 0 Å². The molecule has 0 spiro atoms. The van der Waals surface area contributed by atoms with Crippen molar-refractivity contribution in [3.63, 3.8) is 0 Å². The van der Waals surface area contributed by atoms with Crippen LogP contribution in [0.2, 0.25) is 0 Å². The molecular formula is C22H27IN4O3. The van der Waals surface area contributed by atoms with Crippen molar-refractivity contribution in [3.8, 4) is 11.5 Å². The summed E-state index contributed by atoms with van der Waals surface area (Å²) in [7, 11) is 1.73. The minimum absolute atomic E-state index is 0. The number of benzene rings is 2. The van der Waals surface area contributed by atoms with Crippen LogP contribution < -0.4 is 25.0 Å². The fraction of sp³-hybridized carbons (Fsp3) is 0.364. The highest BCUT2D eigenvalue weighted by atomic mass is 127. The van der Waals surface area contributed by atoms with Crippen LogP contribution in [0.25, 0.3) is 0 Å². The molecule has 0 aromatic heterocycles. The Bertz CT molecular complexity index is 891. The van der Waals surface area contributed by atoms with Crippen LogP contribution in [0.3, 0.4) is 0 Å². The Labute approximate surface area is 193 Å². The summed E-state index contributed by atoms with van der Waals surface area (Å²) in [6, 6.07) is 15.7. The monoisotopic (exact) mass is 522 g/mol. The largest absolute Gasteiger partial charge is 0.490 e. The van der Waals surface area contributed by atoms with E-state index in [4.69, 9.17) is 9.47 Å². The van der Waals surface area contributed by atoms with Gasteiger partial charge in [-0.15, -0.1) is 24.0 Å². The lowest BCUT2D eigenvalue weighted by Crippen LogP contribution is -2.44. The summed E-state index contributed by atoms with van der Waals surface area (Å²) in [5, 5.41) is 6.68. The van der Waals surface area contributed by atoms with E-state index in [1.807, 2.05) is 53.4 Å². The molecule has 7 nitrogen and oxygen atoms in total. The molecule has 0 saturated carbocycles. The maximum atomic E-state index is 12.4. The van der Waals surface area contributed by atoms with Gasteiger partial charge >= 0.3 is 0 Å². The van der Waals surface area contributed by atoms with Gasteiger partial charge in [0.2, 0.25) is 5.91 Å². The highest BCUT2D eigenvalue weighted by Gasteiger charge is 2.31. The maximum absolute atomic E-state index is 12.4. The lowest BCUT2D eigenvalue weighted by atomic mass is 10.2. The Morgan fingerprint density at radius 1 is 1.13 bits per heavy atom. The average Bonchev–Trinajstić information content (AvgIpc) is 2.96. The standard InChI is InChI=1S/C22H26N4O3.HI/c1-23-22(24-14-16-8-9-19-20(12-16)29-11-5-10-28-19)25-17-13-21(27)26(15-17)18-6-3-2-4-7-18;/h2-4,6-9,12,17H,5,10-11,13-15H2,1H3,(H2,23,24,25);1H. The normalized spacial score (nSPS) is 18.4. The van der Waals surface area contributed by atoms with Gasteiger partial charge in [0.05, 0.1) is 19.3 Å². The molecule has 2 aliphatic rings. The van der Waals surface area contributed by atoms with Gasteiger partial charge in [-0.3, -0.25) is 9.79 Å². The molecule has 1 fully saturated rings. The molecule has 1 atom stereocenters. The van der Waals surface area contributed by atoms with Crippen LogP contribution in [0, 0.1) is 0 Å². The Balaban J connectivity index is 0.00000256. The topological polar surface area (TPSA) is 75.2 Å². The second kappa shape index (κ2) is 10.5. The average molecular weight is 522 g/mol. The molecule has 0 radical (unpaired) electrons. The van der Waals surface area contributed by atoms with Crippen LogP contribution >= 0.6 is 24.0 Å². The second-order valence-electron chi connectivity index (χ2n) is 7.14. The Morgan fingerprint density at radius 2 is 1.90 bits per heavy atom. The lowest BCUT2D eigenvalue weighted by Gasteiger charge is -2.19. The van der Waals surface area contributed by atoms with Gasteiger partial charge < -0.3 is 25.0 Å². The summed E-state index contributed by atoms with van der Waals surface area (Å²) in [5.74, 6) is 2.36. The summed E-state index contributed by atoms with van der Waals surface area (Å²) in [5.41, 5.74) is 2.00. The lowest BCUT2D eigenvalue weighted by molar-refractivity contribution is -0.117. The van der Waals surface area contributed by atoms with Crippen molar-refractivity contribution in [2.45, 2.75) is 25.4 Å². The molecule has 8 heteroatoms. The summed E-state index contributed by atoms with van der Waals surface area (Å²) in [6.45, 7) is 2.56. The number of guanidine groups is 1.